The van der Waals surface area contributed by atoms with Crippen LogP contribution in [0.2, 0.25) is 5.02 Å². The van der Waals surface area contributed by atoms with E-state index in [9.17, 15) is 17.6 Å². The van der Waals surface area contributed by atoms with E-state index >= 15 is 0 Å². The molecule has 0 saturated heterocycles. The van der Waals surface area contributed by atoms with Gasteiger partial charge in [0.1, 0.15) is 5.75 Å². The highest BCUT2D eigenvalue weighted by molar-refractivity contribution is 6.32. The van der Waals surface area contributed by atoms with Gasteiger partial charge in [0.2, 0.25) is 0 Å². The van der Waals surface area contributed by atoms with E-state index in [1.165, 1.54) is 12.1 Å². The molecule has 104 valence electrons. The molecule has 0 bridgehead atoms. The zero-order chi connectivity index (χ0) is 13.1. The minimum Gasteiger partial charge on any atom is -0.404 e. The summed E-state index contributed by atoms with van der Waals surface area (Å²) in [6.45, 7) is -0.612. The summed E-state index contributed by atoms with van der Waals surface area (Å²) in [4.78, 5) is 0. The van der Waals surface area contributed by atoms with Gasteiger partial charge >= 0.3 is 6.36 Å². The Balaban J connectivity index is 0.00000289. The van der Waals surface area contributed by atoms with Crippen LogP contribution >= 0.6 is 24.0 Å². The first-order valence-corrected chi connectivity index (χ1v) is 5.08. The Bertz CT molecular complexity index is 387. The van der Waals surface area contributed by atoms with Crippen molar-refractivity contribution in [3.8, 4) is 5.75 Å². The molecule has 0 radical (unpaired) electrons. The summed E-state index contributed by atoms with van der Waals surface area (Å²) in [7, 11) is 0. The Kier molecular flexibility index (Phi) is 6.73. The lowest BCUT2D eigenvalue weighted by molar-refractivity contribution is -0.274. The molecule has 0 aromatic heterocycles. The molecule has 2 nitrogen and oxygen atoms in total. The molecule has 0 amide bonds. The summed E-state index contributed by atoms with van der Waals surface area (Å²) < 4.78 is 51.6. The minimum absolute atomic E-state index is 0. The van der Waals surface area contributed by atoms with Gasteiger partial charge in [0, 0.05) is 6.04 Å². The van der Waals surface area contributed by atoms with Crippen molar-refractivity contribution >= 4 is 24.0 Å². The van der Waals surface area contributed by atoms with Gasteiger partial charge in [-0.25, -0.2) is 0 Å². The molecule has 0 aliphatic rings. The van der Waals surface area contributed by atoms with Crippen molar-refractivity contribution in [3.05, 3.63) is 28.8 Å². The van der Waals surface area contributed by atoms with Gasteiger partial charge in [-0.2, -0.15) is 0 Å². The maximum Gasteiger partial charge on any atom is 0.573 e. The Labute approximate surface area is 112 Å². The van der Waals surface area contributed by atoms with Crippen molar-refractivity contribution in [1.82, 2.24) is 0 Å². The second-order valence-corrected chi connectivity index (χ2v) is 3.73. The predicted molar refractivity (Wildman–Crippen MR) is 62.9 cm³/mol. The van der Waals surface area contributed by atoms with Crippen LogP contribution in [0.5, 0.6) is 5.75 Å². The number of alkyl halides is 4. The molecule has 1 atom stereocenters. The second-order valence-electron chi connectivity index (χ2n) is 3.32. The van der Waals surface area contributed by atoms with E-state index in [0.717, 1.165) is 6.07 Å². The first-order valence-electron chi connectivity index (χ1n) is 4.70. The lowest BCUT2D eigenvalue weighted by Crippen LogP contribution is -2.17. The van der Waals surface area contributed by atoms with Gasteiger partial charge in [0.25, 0.3) is 0 Å². The van der Waals surface area contributed by atoms with E-state index in [1.807, 2.05) is 0 Å². The Hall–Kier alpha value is -0.720. The van der Waals surface area contributed by atoms with Crippen LogP contribution in [0.3, 0.4) is 0 Å². The van der Waals surface area contributed by atoms with Crippen molar-refractivity contribution in [2.45, 2.75) is 18.8 Å². The fourth-order valence-electron chi connectivity index (χ4n) is 1.24. The smallest absolute Gasteiger partial charge is 0.404 e. The van der Waals surface area contributed by atoms with Crippen molar-refractivity contribution in [2.75, 3.05) is 6.67 Å². The molecule has 0 spiro atoms. The zero-order valence-electron chi connectivity index (χ0n) is 9.01. The fourth-order valence-corrected chi connectivity index (χ4v) is 1.47. The molecule has 0 fully saturated rings. The first-order chi connectivity index (χ1) is 7.83. The molecule has 0 unspecified atom stereocenters. The number of rotatable bonds is 4. The van der Waals surface area contributed by atoms with Crippen LogP contribution in [0.1, 0.15) is 18.0 Å². The molecule has 0 heterocycles. The van der Waals surface area contributed by atoms with E-state index in [1.54, 1.807) is 0 Å². The molecule has 18 heavy (non-hydrogen) atoms. The number of hydrogen-bond donors (Lipinski definition) is 1. The van der Waals surface area contributed by atoms with Crippen LogP contribution in [-0.2, 0) is 0 Å². The largest absolute Gasteiger partial charge is 0.573 e. The average Bonchev–Trinajstić information content (AvgIpc) is 2.19. The molecule has 1 aromatic rings. The van der Waals surface area contributed by atoms with Crippen LogP contribution in [0.4, 0.5) is 17.6 Å². The van der Waals surface area contributed by atoms with Crippen molar-refractivity contribution in [3.63, 3.8) is 0 Å². The molecule has 1 rings (SSSR count). The normalized spacial score (nSPS) is 12.8. The maximum absolute atomic E-state index is 12.0. The number of halogens is 6. The summed E-state index contributed by atoms with van der Waals surface area (Å²) in [5.41, 5.74) is 6.05. The fraction of sp³-hybridized carbons (Fsp3) is 0.400. The van der Waals surface area contributed by atoms with Gasteiger partial charge in [-0.05, 0) is 24.1 Å². The van der Waals surface area contributed by atoms with Gasteiger partial charge in [0.15, 0.2) is 0 Å². The number of ether oxygens (including phenoxy) is 1. The number of hydrogen-bond acceptors (Lipinski definition) is 2. The highest BCUT2D eigenvalue weighted by Crippen LogP contribution is 2.32. The van der Waals surface area contributed by atoms with Crippen LogP contribution in [0.25, 0.3) is 0 Å². The standard InChI is InChI=1S/C10H10ClF4NO.ClH/c11-7-5-6(8(16)3-4-12)1-2-9(7)17-10(13,14)15;/h1-2,5,8H,3-4,16H2;1H/t8-;/m0./s1. The highest BCUT2D eigenvalue weighted by atomic mass is 35.5. The topological polar surface area (TPSA) is 35.2 Å². The SMILES string of the molecule is Cl.N[C@@H](CCF)c1ccc(OC(F)(F)F)c(Cl)c1. The van der Waals surface area contributed by atoms with Crippen molar-refractivity contribution in [2.24, 2.45) is 5.73 Å². The molecule has 0 saturated carbocycles. The molecule has 0 aliphatic carbocycles. The van der Waals surface area contributed by atoms with Crippen molar-refractivity contribution < 1.29 is 22.3 Å². The summed E-state index contributed by atoms with van der Waals surface area (Å²) in [5.74, 6) is -0.504. The zero-order valence-corrected chi connectivity index (χ0v) is 10.6. The van der Waals surface area contributed by atoms with Gasteiger partial charge in [-0.3, -0.25) is 4.39 Å². The Morgan fingerprint density at radius 1 is 1.33 bits per heavy atom. The van der Waals surface area contributed by atoms with E-state index in [-0.39, 0.29) is 23.9 Å². The summed E-state index contributed by atoms with van der Waals surface area (Å²) in [5, 5.41) is -0.214. The van der Waals surface area contributed by atoms with E-state index in [4.69, 9.17) is 17.3 Å². The summed E-state index contributed by atoms with van der Waals surface area (Å²) in [6, 6.07) is 3.02. The quantitative estimate of drug-likeness (QED) is 0.853. The molecular weight excluding hydrogens is 297 g/mol. The van der Waals surface area contributed by atoms with Gasteiger partial charge in [-0.15, -0.1) is 25.6 Å². The van der Waals surface area contributed by atoms with E-state index in [0.29, 0.717) is 5.56 Å². The first kappa shape index (κ1) is 17.3. The molecular formula is C10H11Cl2F4NO. The lowest BCUT2D eigenvalue weighted by Gasteiger charge is -2.14. The molecule has 2 N–H and O–H groups in total. The van der Waals surface area contributed by atoms with Gasteiger partial charge < -0.3 is 10.5 Å². The third-order valence-corrected chi connectivity index (χ3v) is 2.33. The maximum atomic E-state index is 12.0. The van der Waals surface area contributed by atoms with Crippen LogP contribution in [0.15, 0.2) is 18.2 Å². The second kappa shape index (κ2) is 7.01. The van der Waals surface area contributed by atoms with Gasteiger partial charge in [-0.1, -0.05) is 17.7 Å². The van der Waals surface area contributed by atoms with Crippen LogP contribution < -0.4 is 10.5 Å². The van der Waals surface area contributed by atoms with E-state index < -0.39 is 24.8 Å². The number of nitrogens with two attached hydrogens (primary N) is 1. The summed E-state index contributed by atoms with van der Waals surface area (Å²) in [6.07, 6.45) is -4.72. The average molecular weight is 308 g/mol. The van der Waals surface area contributed by atoms with Crippen LogP contribution in [0, 0.1) is 0 Å². The Morgan fingerprint density at radius 2 is 1.94 bits per heavy atom. The monoisotopic (exact) mass is 307 g/mol. The molecule has 0 aliphatic heterocycles. The Morgan fingerprint density at radius 3 is 2.39 bits per heavy atom. The third-order valence-electron chi connectivity index (χ3n) is 2.03. The minimum atomic E-state index is -4.80. The van der Waals surface area contributed by atoms with Crippen molar-refractivity contribution in [1.29, 1.82) is 0 Å². The highest BCUT2D eigenvalue weighted by Gasteiger charge is 2.32. The number of benzene rings is 1. The van der Waals surface area contributed by atoms with Gasteiger partial charge in [0.05, 0.1) is 11.7 Å². The molecule has 8 heteroatoms. The summed E-state index contributed by atoms with van der Waals surface area (Å²) >= 11 is 5.61. The lowest BCUT2D eigenvalue weighted by atomic mass is 10.1. The van der Waals surface area contributed by atoms with E-state index in [2.05, 4.69) is 4.74 Å². The van der Waals surface area contributed by atoms with Crippen LogP contribution in [-0.4, -0.2) is 13.0 Å². The predicted octanol–water partition coefficient (Wildman–Crippen LogP) is 4.02. The third kappa shape index (κ3) is 5.29. The molecule has 1 aromatic carbocycles.